The van der Waals surface area contributed by atoms with Crippen molar-refractivity contribution >= 4 is 69.6 Å². The van der Waals surface area contributed by atoms with E-state index in [0.717, 1.165) is 0 Å². The molecule has 0 saturated carbocycles. The van der Waals surface area contributed by atoms with Crippen LogP contribution in [0, 0.1) is 0 Å². The minimum atomic E-state index is -1.52. The summed E-state index contributed by atoms with van der Waals surface area (Å²) in [6, 6.07) is 45.9. The van der Waals surface area contributed by atoms with E-state index in [9.17, 15) is 0 Å². The van der Waals surface area contributed by atoms with E-state index >= 15 is 0 Å². The van der Waals surface area contributed by atoms with Crippen LogP contribution in [0.1, 0.15) is 0 Å². The molecule has 7 aromatic rings. The van der Waals surface area contributed by atoms with Crippen LogP contribution in [-0.2, 0) is 0 Å². The Morgan fingerprint density at radius 1 is 0.286 bits per heavy atom. The van der Waals surface area contributed by atoms with Crippen molar-refractivity contribution < 1.29 is 0 Å². The van der Waals surface area contributed by atoms with Crippen LogP contribution in [0.25, 0.3) is 65.3 Å². The largest absolute Gasteiger partial charge is 0.0784 e. The molecule has 0 aliphatic heterocycles. The molecule has 7 aromatic carbocycles. The van der Waals surface area contributed by atoms with Crippen LogP contribution < -0.4 is 10.4 Å². The van der Waals surface area contributed by atoms with Crippen LogP contribution in [0.5, 0.6) is 0 Å². The molecule has 0 saturated heterocycles. The highest BCUT2D eigenvalue weighted by molar-refractivity contribution is 6.91. The second-order valence-electron chi connectivity index (χ2n) is 13.8. The fraction of sp³-hybridized carbons (Fsp3) is 0.150. The first-order chi connectivity index (χ1) is 20.1. The molecular formula is C40H38Si2. The summed E-state index contributed by atoms with van der Waals surface area (Å²) >= 11 is 0. The standard InChI is InChI=1S/C40H38Si2/c1-41(2,3)37-25-23-35(27-15-7-9-17-29(27)37)39-31-19-11-13-21-33(31)40(34-22-14-12-20-32(34)39)36-24-26-38(42(4,5)6)30-18-10-8-16-28(30)36/h7-26H,1-6H3. The van der Waals surface area contributed by atoms with E-state index in [0.29, 0.717) is 0 Å². The van der Waals surface area contributed by atoms with Crippen LogP contribution in [0.2, 0.25) is 39.3 Å². The Morgan fingerprint density at radius 2 is 0.548 bits per heavy atom. The molecule has 0 aliphatic rings. The predicted molar refractivity (Wildman–Crippen MR) is 193 cm³/mol. The number of fused-ring (bicyclic) bond motifs is 4. The van der Waals surface area contributed by atoms with E-state index < -0.39 is 16.1 Å². The Labute approximate surface area is 251 Å². The zero-order valence-corrected chi connectivity index (χ0v) is 27.5. The van der Waals surface area contributed by atoms with Gasteiger partial charge in [0.25, 0.3) is 0 Å². The molecule has 0 amide bonds. The summed E-state index contributed by atoms with van der Waals surface area (Å²) in [6.07, 6.45) is 0. The van der Waals surface area contributed by atoms with Gasteiger partial charge in [0.15, 0.2) is 0 Å². The zero-order valence-electron chi connectivity index (χ0n) is 25.5. The third kappa shape index (κ3) is 4.24. The molecule has 7 rings (SSSR count). The highest BCUT2D eigenvalue weighted by atomic mass is 28.3. The second-order valence-corrected chi connectivity index (χ2v) is 23.8. The molecule has 0 atom stereocenters. The molecular weight excluding hydrogens is 537 g/mol. The fourth-order valence-corrected chi connectivity index (χ4v) is 10.3. The number of rotatable bonds is 4. The van der Waals surface area contributed by atoms with Crippen LogP contribution in [0.4, 0.5) is 0 Å². The summed E-state index contributed by atoms with van der Waals surface area (Å²) in [5.74, 6) is 0. The van der Waals surface area contributed by atoms with Crippen molar-refractivity contribution in [2.24, 2.45) is 0 Å². The molecule has 0 unspecified atom stereocenters. The third-order valence-electron chi connectivity index (χ3n) is 8.93. The summed E-state index contributed by atoms with van der Waals surface area (Å²) < 4.78 is 0. The summed E-state index contributed by atoms with van der Waals surface area (Å²) in [7, 11) is -3.05. The van der Waals surface area contributed by atoms with E-state index in [1.807, 2.05) is 0 Å². The monoisotopic (exact) mass is 574 g/mol. The lowest BCUT2D eigenvalue weighted by atomic mass is 9.84. The molecule has 0 nitrogen and oxygen atoms in total. The second kappa shape index (κ2) is 9.79. The summed E-state index contributed by atoms with van der Waals surface area (Å²) in [6.45, 7) is 14.7. The van der Waals surface area contributed by atoms with Crippen molar-refractivity contribution in [1.82, 2.24) is 0 Å². The van der Waals surface area contributed by atoms with Gasteiger partial charge in [-0.3, -0.25) is 0 Å². The highest BCUT2D eigenvalue weighted by Gasteiger charge is 2.24. The van der Waals surface area contributed by atoms with E-state index in [1.165, 1.54) is 75.7 Å². The summed E-state index contributed by atoms with van der Waals surface area (Å²) in [5.41, 5.74) is 5.33. The van der Waals surface area contributed by atoms with Gasteiger partial charge < -0.3 is 0 Å². The molecule has 0 fully saturated rings. The molecule has 0 aliphatic carbocycles. The van der Waals surface area contributed by atoms with Crippen molar-refractivity contribution in [2.75, 3.05) is 0 Å². The van der Waals surface area contributed by atoms with E-state index in [1.54, 1.807) is 0 Å². The van der Waals surface area contributed by atoms with Crippen LogP contribution in [0.3, 0.4) is 0 Å². The molecule has 0 heterocycles. The summed E-state index contributed by atoms with van der Waals surface area (Å²) in [4.78, 5) is 0. The number of hydrogen-bond donors (Lipinski definition) is 0. The smallest absolute Gasteiger partial charge is 0.0656 e. The van der Waals surface area contributed by atoms with Gasteiger partial charge in [-0.15, -0.1) is 0 Å². The first-order valence-corrected chi connectivity index (χ1v) is 22.1. The van der Waals surface area contributed by atoms with Gasteiger partial charge in [-0.25, -0.2) is 0 Å². The van der Waals surface area contributed by atoms with Gasteiger partial charge >= 0.3 is 0 Å². The third-order valence-corrected chi connectivity index (χ3v) is 13.0. The molecule has 0 N–H and O–H groups in total. The zero-order chi connectivity index (χ0) is 29.2. The SMILES string of the molecule is C[Si](C)(C)c1ccc(-c2c3ccccc3c(-c3ccc([Si](C)(C)C)c4ccccc34)c3ccccc23)c2ccccc12. The van der Waals surface area contributed by atoms with Gasteiger partial charge in [0.1, 0.15) is 0 Å². The van der Waals surface area contributed by atoms with Crippen molar-refractivity contribution in [1.29, 1.82) is 0 Å². The maximum Gasteiger partial charge on any atom is 0.0784 e. The Kier molecular flexibility index (Phi) is 6.27. The molecule has 0 aromatic heterocycles. The molecule has 206 valence electrons. The molecule has 2 heteroatoms. The molecule has 0 bridgehead atoms. The van der Waals surface area contributed by atoms with Crippen molar-refractivity contribution in [3.05, 3.63) is 121 Å². The summed E-state index contributed by atoms with van der Waals surface area (Å²) in [5, 5.41) is 13.8. The number of hydrogen-bond acceptors (Lipinski definition) is 0. The lowest BCUT2D eigenvalue weighted by Gasteiger charge is -2.24. The Bertz CT molecular complexity index is 1940. The Hall–Kier alpha value is -3.99. The maximum absolute atomic E-state index is 2.45. The minimum Gasteiger partial charge on any atom is -0.0656 e. The van der Waals surface area contributed by atoms with Gasteiger partial charge in [-0.2, -0.15) is 0 Å². The van der Waals surface area contributed by atoms with Crippen molar-refractivity contribution in [3.63, 3.8) is 0 Å². The van der Waals surface area contributed by atoms with E-state index in [-0.39, 0.29) is 0 Å². The van der Waals surface area contributed by atoms with Crippen LogP contribution >= 0.6 is 0 Å². The molecule has 0 spiro atoms. The maximum atomic E-state index is 2.45. The van der Waals surface area contributed by atoms with E-state index in [4.69, 9.17) is 0 Å². The quantitative estimate of drug-likeness (QED) is 0.145. The van der Waals surface area contributed by atoms with Gasteiger partial charge in [0, 0.05) is 0 Å². The first-order valence-electron chi connectivity index (χ1n) is 15.1. The predicted octanol–water partition coefficient (Wildman–Crippen LogP) is 10.7. The van der Waals surface area contributed by atoms with E-state index in [2.05, 4.69) is 161 Å². The van der Waals surface area contributed by atoms with Crippen molar-refractivity contribution in [2.45, 2.75) is 39.3 Å². The van der Waals surface area contributed by atoms with Crippen molar-refractivity contribution in [3.8, 4) is 22.3 Å². The number of benzene rings is 7. The molecule has 0 radical (unpaired) electrons. The van der Waals surface area contributed by atoms with Gasteiger partial charge in [-0.05, 0) is 65.3 Å². The lowest BCUT2D eigenvalue weighted by Crippen LogP contribution is -2.38. The first kappa shape index (κ1) is 26.9. The highest BCUT2D eigenvalue weighted by Crippen LogP contribution is 2.46. The van der Waals surface area contributed by atoms with Crippen LogP contribution in [-0.4, -0.2) is 16.1 Å². The molecule has 42 heavy (non-hydrogen) atoms. The minimum absolute atomic E-state index is 1.32. The Balaban J connectivity index is 1.63. The normalized spacial score (nSPS) is 12.5. The van der Waals surface area contributed by atoms with Gasteiger partial charge in [0.05, 0.1) is 16.1 Å². The van der Waals surface area contributed by atoms with Gasteiger partial charge in [0.2, 0.25) is 0 Å². The van der Waals surface area contributed by atoms with Crippen LogP contribution in [0.15, 0.2) is 121 Å². The van der Waals surface area contributed by atoms with Gasteiger partial charge in [-0.1, -0.05) is 171 Å². The Morgan fingerprint density at radius 3 is 0.833 bits per heavy atom. The fourth-order valence-electron chi connectivity index (χ4n) is 7.05. The lowest BCUT2D eigenvalue weighted by molar-refractivity contribution is 1.67. The topological polar surface area (TPSA) is 0 Å². The average Bonchev–Trinajstić information content (AvgIpc) is 2.98. The average molecular weight is 575 g/mol.